The molecule has 0 unspecified atom stereocenters. The van der Waals surface area contributed by atoms with Crippen LogP contribution in [0.1, 0.15) is 37.1 Å². The second-order valence-corrected chi connectivity index (χ2v) is 6.36. The lowest BCUT2D eigenvalue weighted by molar-refractivity contribution is -0.0361. The van der Waals surface area contributed by atoms with Crippen molar-refractivity contribution in [3.63, 3.8) is 0 Å². The second-order valence-electron chi connectivity index (χ2n) is 6.36. The van der Waals surface area contributed by atoms with Crippen molar-refractivity contribution in [3.05, 3.63) is 29.6 Å². The predicted molar refractivity (Wildman–Crippen MR) is 88.2 cm³/mol. The van der Waals surface area contributed by atoms with E-state index in [2.05, 4.69) is 15.4 Å². The first-order valence-electron chi connectivity index (χ1n) is 8.10. The number of ether oxygens (including phenoxy) is 1. The van der Waals surface area contributed by atoms with Gasteiger partial charge in [0, 0.05) is 36.7 Å². The van der Waals surface area contributed by atoms with E-state index in [1.807, 2.05) is 19.9 Å². The minimum atomic E-state index is -2.53. The van der Waals surface area contributed by atoms with E-state index in [4.69, 9.17) is 4.74 Å². The van der Waals surface area contributed by atoms with Crippen LogP contribution in [0, 0.1) is 13.8 Å². The predicted octanol–water partition coefficient (Wildman–Crippen LogP) is 3.88. The molecule has 0 aliphatic heterocycles. The third-order valence-corrected chi connectivity index (χ3v) is 4.32. The van der Waals surface area contributed by atoms with Crippen LogP contribution in [0.5, 0.6) is 5.75 Å². The first-order valence-corrected chi connectivity index (χ1v) is 8.10. The molecule has 2 aromatic rings. The molecule has 3 rings (SSSR count). The van der Waals surface area contributed by atoms with Gasteiger partial charge >= 0.3 is 0 Å². The third kappa shape index (κ3) is 3.66. The van der Waals surface area contributed by atoms with Gasteiger partial charge in [-0.3, -0.25) is 0 Å². The summed E-state index contributed by atoms with van der Waals surface area (Å²) in [6, 6.07) is 5.55. The number of aromatic nitrogens is 3. The highest BCUT2D eigenvalue weighted by atomic mass is 19.3. The topological polar surface area (TPSA) is 52.0 Å². The van der Waals surface area contributed by atoms with Gasteiger partial charge in [0.05, 0.1) is 12.8 Å². The van der Waals surface area contributed by atoms with Crippen molar-refractivity contribution >= 4 is 5.82 Å². The number of alkyl halides is 2. The molecule has 7 heteroatoms. The molecule has 1 saturated carbocycles. The fraction of sp³-hybridized carbons (Fsp3) is 0.529. The molecule has 5 nitrogen and oxygen atoms in total. The number of nitrogens with zero attached hydrogens (tertiary/aromatic N) is 3. The van der Waals surface area contributed by atoms with Gasteiger partial charge in [0.2, 0.25) is 5.92 Å². The van der Waals surface area contributed by atoms with Crippen LogP contribution in [0.25, 0.3) is 5.82 Å². The Labute approximate surface area is 140 Å². The van der Waals surface area contributed by atoms with Gasteiger partial charge in [0.25, 0.3) is 0 Å². The molecule has 130 valence electrons. The Morgan fingerprint density at radius 2 is 1.92 bits per heavy atom. The van der Waals surface area contributed by atoms with Crippen LogP contribution in [0.3, 0.4) is 0 Å². The van der Waals surface area contributed by atoms with Crippen molar-refractivity contribution in [1.29, 1.82) is 0 Å². The first kappa shape index (κ1) is 16.7. The molecule has 0 bridgehead atoms. The van der Waals surface area contributed by atoms with Gasteiger partial charge in [-0.25, -0.2) is 18.4 Å². The largest absolute Gasteiger partial charge is 0.496 e. The van der Waals surface area contributed by atoms with Crippen LogP contribution in [-0.4, -0.2) is 33.8 Å². The summed E-state index contributed by atoms with van der Waals surface area (Å²) < 4.78 is 33.7. The van der Waals surface area contributed by atoms with Crippen molar-refractivity contribution in [3.8, 4) is 11.6 Å². The average Bonchev–Trinajstić information content (AvgIpc) is 2.88. The zero-order valence-corrected chi connectivity index (χ0v) is 14.1. The Morgan fingerprint density at radius 1 is 1.21 bits per heavy atom. The standard InChI is InChI=1S/C17H22F2N4O/c1-11-8-12(2)23(22-11)16-10-14(24-3)9-15(21-16)20-13-4-6-17(18,19)7-5-13/h8-10,13H,4-7H2,1-3H3,(H,20,21). The van der Waals surface area contributed by atoms with Crippen LogP contribution < -0.4 is 10.1 Å². The van der Waals surface area contributed by atoms with Gasteiger partial charge in [0.1, 0.15) is 11.6 Å². The van der Waals surface area contributed by atoms with E-state index in [0.717, 1.165) is 11.4 Å². The minimum absolute atomic E-state index is 0.00228. The highest BCUT2D eigenvalue weighted by molar-refractivity contribution is 5.48. The molecule has 24 heavy (non-hydrogen) atoms. The first-order chi connectivity index (χ1) is 11.4. The van der Waals surface area contributed by atoms with Crippen LogP contribution in [0.2, 0.25) is 0 Å². The molecule has 1 aliphatic rings. The summed E-state index contributed by atoms with van der Waals surface area (Å²) >= 11 is 0. The van der Waals surface area contributed by atoms with Gasteiger partial charge in [-0.2, -0.15) is 5.10 Å². The minimum Gasteiger partial charge on any atom is -0.496 e. The van der Waals surface area contributed by atoms with Crippen molar-refractivity contribution in [1.82, 2.24) is 14.8 Å². The van der Waals surface area contributed by atoms with Gasteiger partial charge < -0.3 is 10.1 Å². The number of hydrogen-bond acceptors (Lipinski definition) is 4. The quantitative estimate of drug-likeness (QED) is 0.920. The fourth-order valence-corrected chi connectivity index (χ4v) is 3.05. The molecule has 1 N–H and O–H groups in total. The third-order valence-electron chi connectivity index (χ3n) is 4.32. The maximum atomic E-state index is 13.3. The molecule has 2 heterocycles. The summed E-state index contributed by atoms with van der Waals surface area (Å²) in [4.78, 5) is 4.58. The van der Waals surface area contributed by atoms with Gasteiger partial charge in [0.15, 0.2) is 5.82 Å². The molecule has 0 atom stereocenters. The summed E-state index contributed by atoms with van der Waals surface area (Å²) in [6.45, 7) is 3.88. The molecule has 0 amide bonds. The second kappa shape index (κ2) is 6.37. The number of anilines is 1. The van der Waals surface area contributed by atoms with Crippen molar-refractivity contribution < 1.29 is 13.5 Å². The maximum absolute atomic E-state index is 13.3. The lowest BCUT2D eigenvalue weighted by atomic mass is 9.92. The Bertz CT molecular complexity index is 719. The van der Waals surface area contributed by atoms with E-state index < -0.39 is 5.92 Å². The molecular weight excluding hydrogens is 314 g/mol. The molecule has 1 fully saturated rings. The SMILES string of the molecule is COc1cc(NC2CCC(F)(F)CC2)nc(-n2nc(C)cc2C)c1. The van der Waals surface area contributed by atoms with E-state index >= 15 is 0 Å². The summed E-state index contributed by atoms with van der Waals surface area (Å²) in [5, 5.41) is 7.70. The van der Waals surface area contributed by atoms with E-state index in [9.17, 15) is 8.78 Å². The maximum Gasteiger partial charge on any atom is 0.248 e. The molecule has 2 aromatic heterocycles. The fourth-order valence-electron chi connectivity index (χ4n) is 3.05. The zero-order valence-electron chi connectivity index (χ0n) is 14.1. The molecular formula is C17H22F2N4O. The molecule has 0 saturated heterocycles. The number of methoxy groups -OCH3 is 1. The summed E-state index contributed by atoms with van der Waals surface area (Å²) in [5.41, 5.74) is 1.87. The number of aryl methyl sites for hydroxylation is 2. The monoisotopic (exact) mass is 336 g/mol. The number of rotatable bonds is 4. The van der Waals surface area contributed by atoms with Crippen LogP contribution in [0.15, 0.2) is 18.2 Å². The van der Waals surface area contributed by atoms with Gasteiger partial charge in [-0.1, -0.05) is 0 Å². The van der Waals surface area contributed by atoms with Crippen LogP contribution in [0.4, 0.5) is 14.6 Å². The average molecular weight is 336 g/mol. The smallest absolute Gasteiger partial charge is 0.248 e. The van der Waals surface area contributed by atoms with Crippen molar-refractivity contribution in [2.75, 3.05) is 12.4 Å². The summed E-state index contributed by atoms with van der Waals surface area (Å²) in [5.74, 6) is -0.624. The van der Waals surface area contributed by atoms with Gasteiger partial charge in [-0.05, 0) is 32.8 Å². The Morgan fingerprint density at radius 3 is 2.50 bits per heavy atom. The van der Waals surface area contributed by atoms with E-state index in [1.165, 1.54) is 0 Å². The normalized spacial score (nSPS) is 17.7. The van der Waals surface area contributed by atoms with Crippen LogP contribution in [-0.2, 0) is 0 Å². The number of nitrogens with one attached hydrogen (secondary N) is 1. The number of hydrogen-bond donors (Lipinski definition) is 1. The Kier molecular flexibility index (Phi) is 4.43. The number of pyridine rings is 1. The summed E-state index contributed by atoms with van der Waals surface area (Å²) in [6.07, 6.45) is 0.695. The molecule has 0 spiro atoms. The molecule has 0 aromatic carbocycles. The summed E-state index contributed by atoms with van der Waals surface area (Å²) in [7, 11) is 1.59. The van der Waals surface area contributed by atoms with E-state index in [-0.39, 0.29) is 18.9 Å². The Hall–Kier alpha value is -2.18. The van der Waals surface area contributed by atoms with Crippen LogP contribution >= 0.6 is 0 Å². The zero-order chi connectivity index (χ0) is 17.3. The lowest BCUT2D eigenvalue weighted by Crippen LogP contribution is -2.32. The van der Waals surface area contributed by atoms with Crippen molar-refractivity contribution in [2.45, 2.75) is 51.5 Å². The highest BCUT2D eigenvalue weighted by Crippen LogP contribution is 2.34. The highest BCUT2D eigenvalue weighted by Gasteiger charge is 2.35. The van der Waals surface area contributed by atoms with Crippen molar-refractivity contribution in [2.24, 2.45) is 0 Å². The molecule has 0 radical (unpaired) electrons. The van der Waals surface area contributed by atoms with Gasteiger partial charge in [-0.15, -0.1) is 0 Å². The lowest BCUT2D eigenvalue weighted by Gasteiger charge is -2.29. The molecule has 1 aliphatic carbocycles. The van der Waals surface area contributed by atoms with E-state index in [0.29, 0.717) is 30.2 Å². The Balaban J connectivity index is 1.83. The van der Waals surface area contributed by atoms with E-state index in [1.54, 1.807) is 23.9 Å². The number of halogens is 2.